The number of rotatable bonds is 4. The minimum Gasteiger partial charge on any atom is -0.298 e. The normalized spacial score (nSPS) is 35.4. The van der Waals surface area contributed by atoms with Crippen molar-refractivity contribution in [3.63, 3.8) is 0 Å². The zero-order chi connectivity index (χ0) is 13.5. The highest BCUT2D eigenvalue weighted by molar-refractivity contribution is 8.00. The van der Waals surface area contributed by atoms with E-state index in [2.05, 4.69) is 41.7 Å². The van der Waals surface area contributed by atoms with E-state index < -0.39 is 0 Å². The van der Waals surface area contributed by atoms with E-state index in [0.717, 1.165) is 18.0 Å². The predicted octanol–water partition coefficient (Wildman–Crippen LogP) is 3.08. The topological polar surface area (TPSA) is 6.48 Å². The van der Waals surface area contributed by atoms with Gasteiger partial charge in [0.25, 0.3) is 0 Å². The number of piperazine rings is 1. The van der Waals surface area contributed by atoms with Crippen LogP contribution < -0.4 is 0 Å². The molecule has 3 rings (SSSR count). The number of hydrogen-bond acceptors (Lipinski definition) is 3. The van der Waals surface area contributed by atoms with E-state index in [0.29, 0.717) is 4.75 Å². The molecule has 0 aromatic rings. The SMILES string of the molecule is CSC1(CN2CC3CCCCN3CC2C(C)C)CC1. The molecule has 0 bridgehead atoms. The molecule has 0 aromatic carbocycles. The predicted molar refractivity (Wildman–Crippen MR) is 84.9 cm³/mol. The third kappa shape index (κ3) is 2.98. The lowest BCUT2D eigenvalue weighted by Gasteiger charge is -2.50. The van der Waals surface area contributed by atoms with Crippen LogP contribution >= 0.6 is 11.8 Å². The highest BCUT2D eigenvalue weighted by atomic mass is 32.2. The molecule has 2 heterocycles. The van der Waals surface area contributed by atoms with Gasteiger partial charge in [0.05, 0.1) is 0 Å². The molecule has 2 atom stereocenters. The highest BCUT2D eigenvalue weighted by Crippen LogP contribution is 2.48. The highest BCUT2D eigenvalue weighted by Gasteiger charge is 2.46. The lowest BCUT2D eigenvalue weighted by Crippen LogP contribution is -2.62. The Kier molecular flexibility index (Phi) is 4.17. The van der Waals surface area contributed by atoms with Gasteiger partial charge in [0, 0.05) is 36.5 Å². The van der Waals surface area contributed by atoms with Crippen LogP contribution in [0.1, 0.15) is 46.0 Å². The number of piperidine rings is 1. The molecule has 2 aliphatic heterocycles. The average molecular weight is 282 g/mol. The van der Waals surface area contributed by atoms with E-state index in [9.17, 15) is 0 Å². The zero-order valence-electron chi connectivity index (χ0n) is 12.9. The Labute approximate surface area is 123 Å². The maximum absolute atomic E-state index is 2.86. The van der Waals surface area contributed by atoms with Gasteiger partial charge < -0.3 is 0 Å². The quantitative estimate of drug-likeness (QED) is 0.782. The first-order valence-corrected chi connectivity index (χ1v) is 9.39. The summed E-state index contributed by atoms with van der Waals surface area (Å²) in [6.07, 6.45) is 9.53. The van der Waals surface area contributed by atoms with Gasteiger partial charge in [0.1, 0.15) is 0 Å². The monoisotopic (exact) mass is 282 g/mol. The van der Waals surface area contributed by atoms with Crippen molar-refractivity contribution in [2.24, 2.45) is 5.92 Å². The van der Waals surface area contributed by atoms with Crippen LogP contribution in [0.15, 0.2) is 0 Å². The minimum absolute atomic E-state index is 0.629. The minimum atomic E-state index is 0.629. The van der Waals surface area contributed by atoms with Crippen LogP contribution in [-0.4, -0.2) is 59.1 Å². The van der Waals surface area contributed by atoms with Gasteiger partial charge in [-0.15, -0.1) is 0 Å². The van der Waals surface area contributed by atoms with Crippen LogP contribution in [0.25, 0.3) is 0 Å². The summed E-state index contributed by atoms with van der Waals surface area (Å²) in [5.41, 5.74) is 0. The second-order valence-electron chi connectivity index (χ2n) is 7.27. The maximum Gasteiger partial charge on any atom is 0.0285 e. The smallest absolute Gasteiger partial charge is 0.0285 e. The Morgan fingerprint density at radius 2 is 2.00 bits per heavy atom. The van der Waals surface area contributed by atoms with Gasteiger partial charge in [-0.3, -0.25) is 9.80 Å². The molecule has 1 aliphatic carbocycles. The Bertz CT molecular complexity index is 314. The molecule has 0 N–H and O–H groups in total. The summed E-state index contributed by atoms with van der Waals surface area (Å²) in [5.74, 6) is 0.792. The van der Waals surface area contributed by atoms with Crippen molar-refractivity contribution < 1.29 is 0 Å². The molecular weight excluding hydrogens is 252 g/mol. The van der Waals surface area contributed by atoms with Crippen LogP contribution in [0, 0.1) is 5.92 Å². The number of nitrogens with zero attached hydrogens (tertiary/aromatic N) is 2. The second-order valence-corrected chi connectivity index (χ2v) is 8.55. The van der Waals surface area contributed by atoms with Gasteiger partial charge in [0.15, 0.2) is 0 Å². The van der Waals surface area contributed by atoms with Crippen LogP contribution in [-0.2, 0) is 0 Å². The van der Waals surface area contributed by atoms with Crippen LogP contribution in [0.2, 0.25) is 0 Å². The summed E-state index contributed by atoms with van der Waals surface area (Å²) in [4.78, 5) is 5.66. The lowest BCUT2D eigenvalue weighted by molar-refractivity contribution is -0.00792. The molecule has 3 heteroatoms. The van der Waals surface area contributed by atoms with Crippen LogP contribution in [0.3, 0.4) is 0 Å². The fourth-order valence-corrected chi connectivity index (χ4v) is 4.82. The summed E-state index contributed by atoms with van der Waals surface area (Å²) in [6.45, 7) is 10.2. The van der Waals surface area contributed by atoms with Crippen molar-refractivity contribution in [2.75, 3.05) is 32.4 Å². The summed E-state index contributed by atoms with van der Waals surface area (Å²) in [5, 5.41) is 0. The van der Waals surface area contributed by atoms with Crippen molar-refractivity contribution in [2.45, 2.75) is 62.8 Å². The third-order valence-corrected chi connectivity index (χ3v) is 6.99. The van der Waals surface area contributed by atoms with E-state index in [1.54, 1.807) is 0 Å². The maximum atomic E-state index is 2.86. The lowest BCUT2D eigenvalue weighted by atomic mass is 9.92. The van der Waals surface area contributed by atoms with E-state index >= 15 is 0 Å². The molecule has 0 radical (unpaired) electrons. The molecule has 3 fully saturated rings. The van der Waals surface area contributed by atoms with Crippen molar-refractivity contribution in [1.29, 1.82) is 0 Å². The standard InChI is InChI=1S/C16H30N2S/c1-13(2)15-11-17-9-5-4-6-14(17)10-18(15)12-16(19-3)7-8-16/h13-15H,4-12H2,1-3H3. The van der Waals surface area contributed by atoms with Crippen molar-refractivity contribution in [1.82, 2.24) is 9.80 Å². The van der Waals surface area contributed by atoms with Gasteiger partial charge in [-0.25, -0.2) is 0 Å². The van der Waals surface area contributed by atoms with Gasteiger partial charge in [-0.2, -0.15) is 11.8 Å². The molecule has 1 saturated carbocycles. The van der Waals surface area contributed by atoms with Crippen LogP contribution in [0.5, 0.6) is 0 Å². The van der Waals surface area contributed by atoms with Gasteiger partial charge in [0.2, 0.25) is 0 Å². The Hall–Kier alpha value is 0.270. The van der Waals surface area contributed by atoms with Crippen LogP contribution in [0.4, 0.5) is 0 Å². The van der Waals surface area contributed by atoms with E-state index in [4.69, 9.17) is 0 Å². The molecule has 3 aliphatic rings. The van der Waals surface area contributed by atoms with E-state index in [-0.39, 0.29) is 0 Å². The molecule has 2 saturated heterocycles. The fourth-order valence-electron chi connectivity index (χ4n) is 4.02. The number of hydrogen-bond donors (Lipinski definition) is 0. The molecule has 2 unspecified atom stereocenters. The van der Waals surface area contributed by atoms with Gasteiger partial charge in [-0.05, 0) is 44.4 Å². The third-order valence-electron chi connectivity index (χ3n) is 5.59. The van der Waals surface area contributed by atoms with E-state index in [1.165, 1.54) is 58.3 Å². The molecule has 19 heavy (non-hydrogen) atoms. The molecule has 110 valence electrons. The molecule has 0 amide bonds. The van der Waals surface area contributed by atoms with Crippen molar-refractivity contribution in [3.8, 4) is 0 Å². The molecular formula is C16H30N2S. The zero-order valence-corrected chi connectivity index (χ0v) is 13.7. The average Bonchev–Trinajstić information content (AvgIpc) is 3.18. The largest absolute Gasteiger partial charge is 0.298 e. The van der Waals surface area contributed by atoms with Gasteiger partial charge in [-0.1, -0.05) is 20.3 Å². The van der Waals surface area contributed by atoms with E-state index in [1.807, 2.05) is 0 Å². The first-order valence-electron chi connectivity index (χ1n) is 8.17. The van der Waals surface area contributed by atoms with Crippen molar-refractivity contribution >= 4 is 11.8 Å². The second kappa shape index (κ2) is 5.57. The number of thioether (sulfide) groups is 1. The molecule has 0 spiro atoms. The summed E-state index contributed by atoms with van der Waals surface area (Å²) in [7, 11) is 0. The Morgan fingerprint density at radius 1 is 1.21 bits per heavy atom. The summed E-state index contributed by atoms with van der Waals surface area (Å²) >= 11 is 2.12. The summed E-state index contributed by atoms with van der Waals surface area (Å²) < 4.78 is 0.629. The van der Waals surface area contributed by atoms with Gasteiger partial charge >= 0.3 is 0 Å². The van der Waals surface area contributed by atoms with Crippen molar-refractivity contribution in [3.05, 3.63) is 0 Å². The summed E-state index contributed by atoms with van der Waals surface area (Å²) in [6, 6.07) is 1.65. The number of fused-ring (bicyclic) bond motifs is 1. The molecule has 2 nitrogen and oxygen atoms in total. The first-order chi connectivity index (χ1) is 9.13. The fraction of sp³-hybridized carbons (Fsp3) is 1.00. The molecule has 0 aromatic heterocycles. The first kappa shape index (κ1) is 14.2. The Balaban J connectivity index is 1.68. The Morgan fingerprint density at radius 3 is 2.63 bits per heavy atom.